The molecule has 0 unspecified atom stereocenters. The highest BCUT2D eigenvalue weighted by molar-refractivity contribution is 5.89. The summed E-state index contributed by atoms with van der Waals surface area (Å²) in [5.41, 5.74) is 4.16. The van der Waals surface area contributed by atoms with Crippen LogP contribution in [0.1, 0.15) is 43.4 Å². The highest BCUT2D eigenvalue weighted by Crippen LogP contribution is 2.30. The Morgan fingerprint density at radius 3 is 2.47 bits per heavy atom. The Labute approximate surface area is 191 Å². The Balaban J connectivity index is 1.48. The molecule has 32 heavy (non-hydrogen) atoms. The summed E-state index contributed by atoms with van der Waals surface area (Å²) in [4.78, 5) is 16.1. The molecule has 0 radical (unpaired) electrons. The van der Waals surface area contributed by atoms with Crippen molar-refractivity contribution in [2.45, 2.75) is 52.7 Å². The maximum absolute atomic E-state index is 11.8. The molecular weight excluding hydrogens is 402 g/mol. The first kappa shape index (κ1) is 23.4. The van der Waals surface area contributed by atoms with Crippen molar-refractivity contribution in [3.8, 4) is 5.75 Å². The zero-order chi connectivity index (χ0) is 22.9. The third-order valence-electron chi connectivity index (χ3n) is 5.16. The molecule has 7 nitrogen and oxygen atoms in total. The molecule has 172 valence electrons. The molecule has 7 heteroatoms. The third kappa shape index (κ3) is 7.80. The number of rotatable bonds is 9. The lowest BCUT2D eigenvalue weighted by molar-refractivity contribution is 0.250. The molecule has 2 aromatic carbocycles. The highest BCUT2D eigenvalue weighted by Gasteiger charge is 2.22. The maximum Gasteiger partial charge on any atom is 0.319 e. The fourth-order valence-corrected chi connectivity index (χ4v) is 3.15. The number of urea groups is 1. The Kier molecular flexibility index (Phi) is 8.36. The molecule has 0 spiro atoms. The quantitative estimate of drug-likeness (QED) is 0.350. The molecule has 0 saturated heterocycles. The first-order chi connectivity index (χ1) is 15.4. The average molecular weight is 438 g/mol. The van der Waals surface area contributed by atoms with Crippen molar-refractivity contribution in [2.24, 2.45) is 10.9 Å². The Bertz CT molecular complexity index is 920. The predicted octanol–water partition coefficient (Wildman–Crippen LogP) is 4.18. The zero-order valence-electron chi connectivity index (χ0n) is 19.5. The number of amides is 2. The monoisotopic (exact) mass is 437 g/mol. The summed E-state index contributed by atoms with van der Waals surface area (Å²) >= 11 is 0. The number of carbonyl (C=O) groups is 1. The van der Waals surface area contributed by atoms with Crippen LogP contribution < -0.4 is 26.0 Å². The molecule has 2 amide bonds. The van der Waals surface area contributed by atoms with Crippen molar-refractivity contribution >= 4 is 17.7 Å². The van der Waals surface area contributed by atoms with E-state index in [0.29, 0.717) is 13.1 Å². The number of guanidine groups is 1. The summed E-state index contributed by atoms with van der Waals surface area (Å²) in [5.74, 6) is 2.39. The van der Waals surface area contributed by atoms with Crippen LogP contribution in [-0.4, -0.2) is 31.7 Å². The lowest BCUT2D eigenvalue weighted by Crippen LogP contribution is -2.36. The van der Waals surface area contributed by atoms with Crippen molar-refractivity contribution in [1.82, 2.24) is 16.0 Å². The van der Waals surface area contributed by atoms with Crippen LogP contribution in [0, 0.1) is 12.8 Å². The van der Waals surface area contributed by atoms with Crippen LogP contribution in [0.25, 0.3) is 0 Å². The van der Waals surface area contributed by atoms with Gasteiger partial charge in [0.15, 0.2) is 5.96 Å². The maximum atomic E-state index is 11.8. The molecule has 1 fully saturated rings. The number of nitrogens with zero attached hydrogens (tertiary/aromatic N) is 1. The molecule has 0 bridgehead atoms. The number of anilines is 1. The molecule has 1 aliphatic carbocycles. The number of hydrogen-bond acceptors (Lipinski definition) is 3. The fourth-order valence-electron chi connectivity index (χ4n) is 3.15. The molecule has 0 heterocycles. The molecule has 3 rings (SSSR count). The largest absolute Gasteiger partial charge is 0.493 e. The van der Waals surface area contributed by atoms with Gasteiger partial charge in [0.1, 0.15) is 5.75 Å². The van der Waals surface area contributed by atoms with Gasteiger partial charge in [0, 0.05) is 37.4 Å². The lowest BCUT2D eigenvalue weighted by Gasteiger charge is -2.16. The van der Waals surface area contributed by atoms with Crippen molar-refractivity contribution in [3.05, 3.63) is 59.2 Å². The smallest absolute Gasteiger partial charge is 0.319 e. The summed E-state index contributed by atoms with van der Waals surface area (Å²) in [6.45, 7) is 7.99. The van der Waals surface area contributed by atoms with E-state index in [4.69, 9.17) is 4.74 Å². The van der Waals surface area contributed by atoms with E-state index in [2.05, 4.69) is 51.4 Å². The molecular formula is C25H35N5O2. The summed E-state index contributed by atoms with van der Waals surface area (Å²) in [7, 11) is 1.76. The van der Waals surface area contributed by atoms with E-state index in [1.165, 1.54) is 18.4 Å². The molecule has 1 saturated carbocycles. The molecule has 1 aliphatic rings. The second-order valence-electron chi connectivity index (χ2n) is 8.59. The number of aliphatic imine (C=N–C) groups is 1. The summed E-state index contributed by atoms with van der Waals surface area (Å²) < 4.78 is 6.06. The molecule has 4 N–H and O–H groups in total. The van der Waals surface area contributed by atoms with E-state index in [1.54, 1.807) is 7.05 Å². The zero-order valence-corrected chi connectivity index (χ0v) is 19.5. The number of nitrogens with one attached hydrogen (secondary N) is 4. The van der Waals surface area contributed by atoms with Gasteiger partial charge in [0.05, 0.1) is 6.61 Å². The van der Waals surface area contributed by atoms with Crippen LogP contribution in [-0.2, 0) is 13.1 Å². The van der Waals surface area contributed by atoms with Gasteiger partial charge in [0.2, 0.25) is 0 Å². The average Bonchev–Trinajstić information content (AvgIpc) is 3.58. The van der Waals surface area contributed by atoms with Crippen LogP contribution in [0.5, 0.6) is 5.75 Å². The number of ether oxygens (including phenoxy) is 1. The van der Waals surface area contributed by atoms with Crippen LogP contribution in [0.2, 0.25) is 0 Å². The van der Waals surface area contributed by atoms with Gasteiger partial charge in [-0.1, -0.05) is 24.3 Å². The molecule has 0 aromatic heterocycles. The Hall–Kier alpha value is -3.22. The lowest BCUT2D eigenvalue weighted by atomic mass is 10.1. The van der Waals surface area contributed by atoms with E-state index >= 15 is 0 Å². The topological polar surface area (TPSA) is 86.8 Å². The fraction of sp³-hybridized carbons (Fsp3) is 0.440. The van der Waals surface area contributed by atoms with Crippen LogP contribution in [0.3, 0.4) is 0 Å². The minimum absolute atomic E-state index is 0.0958. The third-order valence-corrected chi connectivity index (χ3v) is 5.16. The van der Waals surface area contributed by atoms with Gasteiger partial charge < -0.3 is 26.0 Å². The van der Waals surface area contributed by atoms with E-state index in [1.807, 2.05) is 38.1 Å². The SMILES string of the molecule is CN=C(NCc1ccc(NC(=O)NC(C)C)cc1)NCc1ccc(C)cc1OCC1CC1. The van der Waals surface area contributed by atoms with Gasteiger partial charge >= 0.3 is 6.03 Å². The first-order valence-corrected chi connectivity index (χ1v) is 11.3. The van der Waals surface area contributed by atoms with Crippen LogP contribution in [0.4, 0.5) is 10.5 Å². The predicted molar refractivity (Wildman–Crippen MR) is 130 cm³/mol. The number of aryl methyl sites for hydroxylation is 1. The van der Waals surface area contributed by atoms with E-state index < -0.39 is 0 Å². The highest BCUT2D eigenvalue weighted by atomic mass is 16.5. The second kappa shape index (κ2) is 11.4. The number of hydrogen-bond donors (Lipinski definition) is 4. The molecule has 0 atom stereocenters. The first-order valence-electron chi connectivity index (χ1n) is 11.3. The minimum Gasteiger partial charge on any atom is -0.493 e. The van der Waals surface area contributed by atoms with Crippen molar-refractivity contribution in [1.29, 1.82) is 0 Å². The summed E-state index contributed by atoms with van der Waals surface area (Å²) in [6.07, 6.45) is 2.55. The van der Waals surface area contributed by atoms with Gasteiger partial charge in [0.25, 0.3) is 0 Å². The van der Waals surface area contributed by atoms with Crippen molar-refractivity contribution in [3.63, 3.8) is 0 Å². The molecule has 2 aromatic rings. The van der Waals surface area contributed by atoms with Gasteiger partial charge in [-0.25, -0.2) is 4.79 Å². The van der Waals surface area contributed by atoms with E-state index in [9.17, 15) is 4.79 Å². The minimum atomic E-state index is -0.202. The van der Waals surface area contributed by atoms with Crippen molar-refractivity contribution in [2.75, 3.05) is 19.0 Å². The normalized spacial score (nSPS) is 13.6. The van der Waals surface area contributed by atoms with Crippen LogP contribution in [0.15, 0.2) is 47.5 Å². The number of carbonyl (C=O) groups excluding carboxylic acids is 1. The van der Waals surface area contributed by atoms with E-state index in [-0.39, 0.29) is 12.1 Å². The van der Waals surface area contributed by atoms with Crippen molar-refractivity contribution < 1.29 is 9.53 Å². The molecule has 0 aliphatic heterocycles. The van der Waals surface area contributed by atoms with Crippen LogP contribution >= 0.6 is 0 Å². The summed E-state index contributed by atoms with van der Waals surface area (Å²) in [5, 5.41) is 12.3. The number of benzene rings is 2. The Morgan fingerprint density at radius 2 is 1.81 bits per heavy atom. The van der Waals surface area contributed by atoms with Gasteiger partial charge in [-0.05, 0) is 68.9 Å². The van der Waals surface area contributed by atoms with E-state index in [0.717, 1.165) is 41.0 Å². The van der Waals surface area contributed by atoms with Gasteiger partial charge in [-0.3, -0.25) is 4.99 Å². The Morgan fingerprint density at radius 1 is 1.09 bits per heavy atom. The standard InChI is InChI=1S/C25H35N5O2/c1-17(2)29-25(31)30-22-11-8-19(9-12-22)14-27-24(26-4)28-15-21-10-5-18(3)13-23(21)32-16-20-6-7-20/h5,8-13,17,20H,6-7,14-16H2,1-4H3,(H2,26,27,28)(H2,29,30,31). The second-order valence-corrected chi connectivity index (χ2v) is 8.59. The van der Waals surface area contributed by atoms with Gasteiger partial charge in [-0.15, -0.1) is 0 Å². The summed E-state index contributed by atoms with van der Waals surface area (Å²) in [6, 6.07) is 14.0. The van der Waals surface area contributed by atoms with Gasteiger partial charge in [-0.2, -0.15) is 0 Å².